The lowest BCUT2D eigenvalue weighted by molar-refractivity contribution is -0.246. The van der Waals surface area contributed by atoms with E-state index in [0.29, 0.717) is 37.4 Å². The van der Waals surface area contributed by atoms with Crippen LogP contribution < -0.4 is 5.32 Å². The highest BCUT2D eigenvalue weighted by molar-refractivity contribution is 5.88. The van der Waals surface area contributed by atoms with E-state index in [-0.39, 0.29) is 51.4 Å². The molecule has 0 aromatic rings. The topological polar surface area (TPSA) is 95.9 Å². The molecule has 5 saturated carbocycles. The van der Waals surface area contributed by atoms with Crippen molar-refractivity contribution < 1.29 is 24.5 Å². The molecule has 6 heteroatoms. The number of aliphatic carboxylic acids is 1. The molecule has 0 aromatic carbocycles. The van der Waals surface area contributed by atoms with Gasteiger partial charge in [-0.15, -0.1) is 0 Å². The van der Waals surface area contributed by atoms with Gasteiger partial charge in [0.1, 0.15) is 6.04 Å². The number of hydrogen-bond acceptors (Lipinski definition) is 4. The number of aliphatic hydroxyl groups is 1. The molecule has 250 valence electrons. The maximum atomic E-state index is 14.5. The number of ether oxygens (including phenoxy) is 1. The highest BCUT2D eigenvalue weighted by atomic mass is 16.5. The zero-order chi connectivity index (χ0) is 32.5. The van der Waals surface area contributed by atoms with Crippen molar-refractivity contribution >= 4 is 11.9 Å². The van der Waals surface area contributed by atoms with E-state index in [9.17, 15) is 19.8 Å². The van der Waals surface area contributed by atoms with E-state index in [0.717, 1.165) is 56.9 Å². The Bertz CT molecular complexity index is 1130. The number of amides is 1. The number of nitrogens with one attached hydrogen (secondary N) is 1. The average Bonchev–Trinajstić information content (AvgIpc) is 3.35. The van der Waals surface area contributed by atoms with Crippen molar-refractivity contribution in [3.63, 3.8) is 0 Å². The predicted octanol–water partition coefficient (Wildman–Crippen LogP) is 7.64. The molecule has 5 aliphatic carbocycles. The van der Waals surface area contributed by atoms with Crippen LogP contribution in [0, 0.1) is 62.6 Å². The van der Waals surface area contributed by atoms with Crippen molar-refractivity contribution in [3.05, 3.63) is 12.2 Å². The van der Waals surface area contributed by atoms with Gasteiger partial charge in [0.2, 0.25) is 5.91 Å². The molecule has 6 nitrogen and oxygen atoms in total. The summed E-state index contributed by atoms with van der Waals surface area (Å²) >= 11 is 0. The summed E-state index contributed by atoms with van der Waals surface area (Å²) in [5.41, 5.74) is 0.911. The van der Waals surface area contributed by atoms with E-state index in [1.165, 1.54) is 12.8 Å². The standard InChI is InChI=1S/C38H63NO5/c1-10-44-22-24(4)25-13-18-38(33(43)39-27(32(41)42)21-23(2)3)20-19-36(8)26(31(25)38)11-12-29-35(7)16-15-30(40)34(5,6)28(35)14-17-37(29,36)9/h23,25-31,40H,4,10-22H2,1-3,5-9H3,(H,39,43)(H,41,42)/t25-,26+,27?,28-,29+,30-,31+,35-,36+,37+,38-/m0/s1. The van der Waals surface area contributed by atoms with Gasteiger partial charge in [0.25, 0.3) is 0 Å². The molecule has 5 aliphatic rings. The second-order valence-electron chi connectivity index (χ2n) is 17.7. The molecule has 0 aromatic heterocycles. The molecule has 0 spiro atoms. The SMILES string of the molecule is C=C(COCC)[C@@H]1CC[C@]2(C(=O)NC(CC(C)C)C(=O)O)CC[C@]3(C)[C@H](CC[C@@H]4[C@@]5(C)CC[C@H](O)C(C)(C)[C@@H]5CC[C@]43C)[C@@H]12. The van der Waals surface area contributed by atoms with E-state index in [1.807, 2.05) is 20.8 Å². The number of fused-ring (bicyclic) bond motifs is 7. The molecule has 3 N–H and O–H groups in total. The lowest BCUT2D eigenvalue weighted by Crippen LogP contribution is -2.67. The molecule has 0 radical (unpaired) electrons. The van der Waals surface area contributed by atoms with E-state index >= 15 is 0 Å². The minimum absolute atomic E-state index is 0.0322. The maximum Gasteiger partial charge on any atom is 0.326 e. The van der Waals surface area contributed by atoms with Crippen molar-refractivity contribution in [1.82, 2.24) is 5.32 Å². The summed E-state index contributed by atoms with van der Waals surface area (Å²) < 4.78 is 5.89. The van der Waals surface area contributed by atoms with E-state index in [1.54, 1.807) is 0 Å². The van der Waals surface area contributed by atoms with Gasteiger partial charge in [-0.05, 0) is 140 Å². The van der Waals surface area contributed by atoms with Gasteiger partial charge in [-0.1, -0.05) is 55.0 Å². The number of aliphatic hydroxyl groups excluding tert-OH is 1. The van der Waals surface area contributed by atoms with Gasteiger partial charge in [-0.25, -0.2) is 4.79 Å². The first kappa shape index (κ1) is 33.9. The lowest BCUT2D eigenvalue weighted by Gasteiger charge is -2.72. The number of hydrogen-bond donors (Lipinski definition) is 3. The van der Waals surface area contributed by atoms with Crippen LogP contribution in [-0.2, 0) is 14.3 Å². The Morgan fingerprint density at radius 2 is 1.61 bits per heavy atom. The molecule has 0 bridgehead atoms. The molecule has 5 fully saturated rings. The first-order valence-corrected chi connectivity index (χ1v) is 18.0. The second kappa shape index (κ2) is 11.7. The van der Waals surface area contributed by atoms with E-state index in [2.05, 4.69) is 46.5 Å². The molecular formula is C38H63NO5. The molecule has 44 heavy (non-hydrogen) atoms. The van der Waals surface area contributed by atoms with Crippen LogP contribution in [0.1, 0.15) is 126 Å². The second-order valence-corrected chi connectivity index (χ2v) is 17.7. The zero-order valence-electron chi connectivity index (χ0n) is 29.1. The smallest absolute Gasteiger partial charge is 0.326 e. The number of carbonyl (C=O) groups excluding carboxylic acids is 1. The van der Waals surface area contributed by atoms with Crippen molar-refractivity contribution in [1.29, 1.82) is 0 Å². The predicted molar refractivity (Wildman–Crippen MR) is 175 cm³/mol. The molecule has 11 atom stereocenters. The van der Waals surface area contributed by atoms with Crippen LogP contribution in [0.15, 0.2) is 12.2 Å². The molecule has 1 amide bonds. The lowest BCUT2D eigenvalue weighted by atomic mass is 9.32. The van der Waals surface area contributed by atoms with Crippen LogP contribution in [0.4, 0.5) is 0 Å². The van der Waals surface area contributed by atoms with E-state index < -0.39 is 17.4 Å². The van der Waals surface area contributed by atoms with Gasteiger partial charge in [0, 0.05) is 6.61 Å². The molecule has 1 unspecified atom stereocenters. The minimum Gasteiger partial charge on any atom is -0.480 e. The normalized spacial score (nSPS) is 45.0. The molecule has 5 rings (SSSR count). The molecule has 0 aliphatic heterocycles. The first-order valence-electron chi connectivity index (χ1n) is 18.0. The van der Waals surface area contributed by atoms with Crippen LogP contribution in [-0.4, -0.2) is 47.4 Å². The average molecular weight is 614 g/mol. The third-order valence-corrected chi connectivity index (χ3v) is 15.2. The number of carboxylic acid groups (broad SMARTS) is 1. The quantitative estimate of drug-likeness (QED) is 0.232. The van der Waals surface area contributed by atoms with Crippen LogP contribution in [0.2, 0.25) is 0 Å². The van der Waals surface area contributed by atoms with Gasteiger partial charge in [-0.2, -0.15) is 0 Å². The summed E-state index contributed by atoms with van der Waals surface area (Å²) in [6, 6.07) is -0.856. The Morgan fingerprint density at radius 3 is 2.25 bits per heavy atom. The molecular weight excluding hydrogens is 550 g/mol. The third-order valence-electron chi connectivity index (χ3n) is 15.2. The van der Waals surface area contributed by atoms with Gasteiger partial charge in [0.15, 0.2) is 0 Å². The highest BCUT2D eigenvalue weighted by Gasteiger charge is 2.72. The van der Waals surface area contributed by atoms with Crippen molar-refractivity contribution in [3.8, 4) is 0 Å². The fourth-order valence-corrected chi connectivity index (χ4v) is 12.8. The minimum atomic E-state index is -0.936. The van der Waals surface area contributed by atoms with Crippen molar-refractivity contribution in [2.24, 2.45) is 62.6 Å². The summed E-state index contributed by atoms with van der Waals surface area (Å²) in [7, 11) is 0. The summed E-state index contributed by atoms with van der Waals surface area (Å²) in [6.45, 7) is 24.1. The summed E-state index contributed by atoms with van der Waals surface area (Å²) in [4.78, 5) is 26.8. The highest BCUT2D eigenvalue weighted by Crippen LogP contribution is 2.77. The van der Waals surface area contributed by atoms with Crippen LogP contribution in [0.3, 0.4) is 0 Å². The summed E-state index contributed by atoms with van der Waals surface area (Å²) in [5.74, 6) is 1.06. The Labute approximate surface area is 267 Å². The van der Waals surface area contributed by atoms with Crippen LogP contribution >= 0.6 is 0 Å². The number of carboxylic acids is 1. The third kappa shape index (κ3) is 4.93. The maximum absolute atomic E-state index is 14.5. The summed E-state index contributed by atoms with van der Waals surface area (Å²) in [5, 5.41) is 24.2. The molecule has 0 saturated heterocycles. The molecule has 0 heterocycles. The van der Waals surface area contributed by atoms with Crippen LogP contribution in [0.5, 0.6) is 0 Å². The Balaban J connectivity index is 1.52. The number of carbonyl (C=O) groups is 2. The fourth-order valence-electron chi connectivity index (χ4n) is 12.8. The number of rotatable bonds is 9. The van der Waals surface area contributed by atoms with Crippen molar-refractivity contribution in [2.45, 2.75) is 138 Å². The van der Waals surface area contributed by atoms with Gasteiger partial charge >= 0.3 is 5.97 Å². The van der Waals surface area contributed by atoms with Crippen LogP contribution in [0.25, 0.3) is 0 Å². The Hall–Kier alpha value is -1.40. The Kier molecular flexibility index (Phi) is 9.02. The Morgan fingerprint density at radius 1 is 0.909 bits per heavy atom. The van der Waals surface area contributed by atoms with Gasteiger partial charge in [-0.3, -0.25) is 4.79 Å². The van der Waals surface area contributed by atoms with E-state index in [4.69, 9.17) is 4.74 Å². The van der Waals surface area contributed by atoms with Crippen molar-refractivity contribution in [2.75, 3.05) is 13.2 Å². The first-order chi connectivity index (χ1) is 20.5. The monoisotopic (exact) mass is 613 g/mol. The zero-order valence-corrected chi connectivity index (χ0v) is 29.1. The van der Waals surface area contributed by atoms with Gasteiger partial charge < -0.3 is 20.3 Å². The van der Waals surface area contributed by atoms with Gasteiger partial charge in [0.05, 0.1) is 18.1 Å². The fraction of sp³-hybridized carbons (Fsp3) is 0.895. The largest absolute Gasteiger partial charge is 0.480 e. The summed E-state index contributed by atoms with van der Waals surface area (Å²) in [6.07, 6.45) is 10.3.